The average molecular weight is 310 g/mol. The summed E-state index contributed by atoms with van der Waals surface area (Å²) in [5.74, 6) is 0. The second-order valence-electron chi connectivity index (χ2n) is 4.61. The van der Waals surface area contributed by atoms with Gasteiger partial charge in [-0.05, 0) is 49.6 Å². The van der Waals surface area contributed by atoms with Gasteiger partial charge in [0.05, 0.1) is 0 Å². The Bertz CT molecular complexity index is 661. The lowest BCUT2D eigenvalue weighted by atomic mass is 10.1. The summed E-state index contributed by atoms with van der Waals surface area (Å²) in [6.07, 6.45) is 1.58. The number of hydrogen-bond acceptors (Lipinski definition) is 4. The Balaban J connectivity index is 1.82. The molecule has 0 fully saturated rings. The number of aryl methyl sites for hydroxylation is 2. The van der Waals surface area contributed by atoms with Crippen LogP contribution in [0.1, 0.15) is 16.9 Å². The molecule has 0 radical (unpaired) electrons. The molecule has 0 aliphatic rings. The smallest absolute Gasteiger partial charge is 0.250 e. The van der Waals surface area contributed by atoms with Gasteiger partial charge in [0.2, 0.25) is 10.0 Å². The van der Waals surface area contributed by atoms with E-state index in [1.54, 1.807) is 6.07 Å². The second kappa shape index (κ2) is 6.39. The maximum atomic E-state index is 12.0. The van der Waals surface area contributed by atoms with Gasteiger partial charge in [-0.2, -0.15) is 0 Å². The molecule has 3 N–H and O–H groups in total. The van der Waals surface area contributed by atoms with Crippen molar-refractivity contribution >= 4 is 27.0 Å². The van der Waals surface area contributed by atoms with Gasteiger partial charge < -0.3 is 5.73 Å². The molecule has 0 saturated carbocycles. The van der Waals surface area contributed by atoms with Crippen LogP contribution in [-0.4, -0.2) is 15.0 Å². The van der Waals surface area contributed by atoms with Gasteiger partial charge in [0.1, 0.15) is 4.21 Å². The minimum absolute atomic E-state index is 0.377. The quantitative estimate of drug-likeness (QED) is 0.636. The topological polar surface area (TPSA) is 72.2 Å². The molecular formula is C14H18N2O2S2. The maximum absolute atomic E-state index is 12.0. The zero-order chi connectivity index (χ0) is 14.6. The molecule has 1 aromatic carbocycles. The minimum atomic E-state index is -3.35. The largest absolute Gasteiger partial charge is 0.399 e. The van der Waals surface area contributed by atoms with E-state index < -0.39 is 10.0 Å². The van der Waals surface area contributed by atoms with E-state index in [1.165, 1.54) is 11.3 Å². The number of nitrogens with one attached hydrogen (secondary N) is 1. The molecule has 2 aromatic rings. The molecule has 0 aliphatic carbocycles. The lowest BCUT2D eigenvalue weighted by Crippen LogP contribution is -2.24. The van der Waals surface area contributed by atoms with E-state index in [9.17, 15) is 8.42 Å². The van der Waals surface area contributed by atoms with Gasteiger partial charge in [-0.15, -0.1) is 11.3 Å². The summed E-state index contributed by atoms with van der Waals surface area (Å²) in [5, 5.41) is 0. The van der Waals surface area contributed by atoms with Crippen molar-refractivity contribution in [1.82, 2.24) is 4.72 Å². The van der Waals surface area contributed by atoms with E-state index in [0.717, 1.165) is 29.0 Å². The minimum Gasteiger partial charge on any atom is -0.399 e. The van der Waals surface area contributed by atoms with Crippen LogP contribution < -0.4 is 10.5 Å². The van der Waals surface area contributed by atoms with Gasteiger partial charge >= 0.3 is 0 Å². The summed E-state index contributed by atoms with van der Waals surface area (Å²) < 4.78 is 27.0. The van der Waals surface area contributed by atoms with Crippen molar-refractivity contribution in [3.05, 3.63) is 46.8 Å². The van der Waals surface area contributed by atoms with Gasteiger partial charge in [-0.1, -0.05) is 12.1 Å². The van der Waals surface area contributed by atoms with Crippen LogP contribution in [0, 0.1) is 6.92 Å². The predicted molar refractivity (Wildman–Crippen MR) is 83.4 cm³/mol. The van der Waals surface area contributed by atoms with Crippen LogP contribution in [0.4, 0.5) is 5.69 Å². The van der Waals surface area contributed by atoms with Crippen LogP contribution in [0.15, 0.2) is 40.6 Å². The highest BCUT2D eigenvalue weighted by atomic mass is 32.2. The summed E-state index contributed by atoms with van der Waals surface area (Å²) >= 11 is 1.29. The van der Waals surface area contributed by atoms with E-state index in [0.29, 0.717) is 10.8 Å². The average Bonchev–Trinajstić information content (AvgIpc) is 2.84. The third kappa shape index (κ3) is 4.06. The van der Waals surface area contributed by atoms with Crippen molar-refractivity contribution in [2.45, 2.75) is 24.0 Å². The number of anilines is 1. The molecule has 0 unspecified atom stereocenters. The third-order valence-corrected chi connectivity index (χ3v) is 5.85. The molecule has 6 heteroatoms. The molecule has 0 atom stereocenters. The standard InChI is InChI=1S/C14H18N2O2S2/c1-11-4-9-14(19-11)20(17,18)16-10-2-3-12-5-7-13(15)8-6-12/h4-9,16H,2-3,10,15H2,1H3. The Labute approximate surface area is 123 Å². The Morgan fingerprint density at radius 2 is 1.85 bits per heavy atom. The Hall–Kier alpha value is -1.37. The molecule has 0 amide bonds. The molecule has 4 nitrogen and oxygen atoms in total. The molecule has 0 bridgehead atoms. The number of sulfonamides is 1. The van der Waals surface area contributed by atoms with Crippen molar-refractivity contribution in [3.8, 4) is 0 Å². The summed E-state index contributed by atoms with van der Waals surface area (Å²) in [6.45, 7) is 2.33. The number of thiophene rings is 1. The molecule has 20 heavy (non-hydrogen) atoms. The van der Waals surface area contributed by atoms with Crippen molar-refractivity contribution in [2.75, 3.05) is 12.3 Å². The van der Waals surface area contributed by atoms with Gasteiger partial charge in [0, 0.05) is 17.1 Å². The SMILES string of the molecule is Cc1ccc(S(=O)(=O)NCCCc2ccc(N)cc2)s1. The van der Waals surface area contributed by atoms with E-state index in [-0.39, 0.29) is 0 Å². The second-order valence-corrected chi connectivity index (χ2v) is 7.89. The molecule has 2 rings (SSSR count). The zero-order valence-electron chi connectivity index (χ0n) is 11.3. The van der Waals surface area contributed by atoms with Gasteiger partial charge in [0.15, 0.2) is 0 Å². The highest BCUT2D eigenvalue weighted by Crippen LogP contribution is 2.20. The molecule has 0 spiro atoms. The number of hydrogen-bond donors (Lipinski definition) is 2. The van der Waals surface area contributed by atoms with Crippen LogP contribution in [0.3, 0.4) is 0 Å². The van der Waals surface area contributed by atoms with Crippen molar-refractivity contribution < 1.29 is 8.42 Å². The van der Waals surface area contributed by atoms with Crippen LogP contribution in [-0.2, 0) is 16.4 Å². The van der Waals surface area contributed by atoms with E-state index in [2.05, 4.69) is 4.72 Å². The summed E-state index contributed by atoms with van der Waals surface area (Å²) in [5.41, 5.74) is 7.51. The first kappa shape index (κ1) is 15.0. The Morgan fingerprint density at radius 1 is 1.15 bits per heavy atom. The van der Waals surface area contributed by atoms with E-state index in [4.69, 9.17) is 5.73 Å². The predicted octanol–water partition coefficient (Wildman–Crippen LogP) is 2.55. The van der Waals surface area contributed by atoms with E-state index >= 15 is 0 Å². The van der Waals surface area contributed by atoms with Crippen molar-refractivity contribution in [1.29, 1.82) is 0 Å². The van der Waals surface area contributed by atoms with Crippen LogP contribution in [0.2, 0.25) is 0 Å². The van der Waals surface area contributed by atoms with Crippen LogP contribution >= 0.6 is 11.3 Å². The van der Waals surface area contributed by atoms with Crippen LogP contribution in [0.5, 0.6) is 0 Å². The molecule has 1 aromatic heterocycles. The molecule has 0 saturated heterocycles. The maximum Gasteiger partial charge on any atom is 0.250 e. The lowest BCUT2D eigenvalue weighted by molar-refractivity contribution is 0.581. The number of nitrogens with two attached hydrogens (primary N) is 1. The van der Waals surface area contributed by atoms with Crippen molar-refractivity contribution in [3.63, 3.8) is 0 Å². The van der Waals surface area contributed by atoms with Gasteiger partial charge in [0.25, 0.3) is 0 Å². The van der Waals surface area contributed by atoms with Crippen molar-refractivity contribution in [2.24, 2.45) is 0 Å². The first-order valence-corrected chi connectivity index (χ1v) is 8.68. The third-order valence-electron chi connectivity index (χ3n) is 2.89. The summed E-state index contributed by atoms with van der Waals surface area (Å²) in [4.78, 5) is 0.993. The first-order valence-electron chi connectivity index (χ1n) is 6.38. The number of benzene rings is 1. The van der Waals surface area contributed by atoms with Gasteiger partial charge in [-0.3, -0.25) is 0 Å². The molecule has 0 aliphatic heterocycles. The fourth-order valence-corrected chi connectivity index (χ4v) is 4.21. The Morgan fingerprint density at radius 3 is 2.45 bits per heavy atom. The van der Waals surface area contributed by atoms with Crippen LogP contribution in [0.25, 0.3) is 0 Å². The summed E-state index contributed by atoms with van der Waals surface area (Å²) in [7, 11) is -3.35. The highest BCUT2D eigenvalue weighted by molar-refractivity contribution is 7.91. The normalized spacial score (nSPS) is 11.7. The molecule has 108 valence electrons. The molecule has 1 heterocycles. The van der Waals surface area contributed by atoms with E-state index in [1.807, 2.05) is 37.3 Å². The summed E-state index contributed by atoms with van der Waals surface area (Å²) in [6, 6.07) is 11.1. The lowest BCUT2D eigenvalue weighted by Gasteiger charge is -2.05. The first-order chi connectivity index (χ1) is 9.47. The number of nitrogen functional groups attached to an aromatic ring is 1. The monoisotopic (exact) mass is 310 g/mol. The van der Waals surface area contributed by atoms with Gasteiger partial charge in [-0.25, -0.2) is 13.1 Å². The highest BCUT2D eigenvalue weighted by Gasteiger charge is 2.14. The fraction of sp³-hybridized carbons (Fsp3) is 0.286. The molecular weight excluding hydrogens is 292 g/mol. The number of rotatable bonds is 6. The zero-order valence-corrected chi connectivity index (χ0v) is 12.9. The fourth-order valence-electron chi connectivity index (χ4n) is 1.81. The Kier molecular flexibility index (Phi) is 4.80.